The Morgan fingerprint density at radius 2 is 0.792 bits per heavy atom. The molecule has 0 fully saturated rings. The Morgan fingerprint density at radius 1 is 0.415 bits per heavy atom. The van der Waals surface area contributed by atoms with Crippen LogP contribution in [0.3, 0.4) is 0 Å². The first-order chi connectivity index (χ1) is 25.9. The van der Waals surface area contributed by atoms with Gasteiger partial charge in [0.25, 0.3) is 11.8 Å². The highest BCUT2D eigenvalue weighted by atomic mass is 16.2. The molecule has 0 spiro atoms. The molecule has 0 saturated heterocycles. The van der Waals surface area contributed by atoms with Gasteiger partial charge in [0.15, 0.2) is 0 Å². The summed E-state index contributed by atoms with van der Waals surface area (Å²) in [5, 5.41) is 9.84. The third kappa shape index (κ3) is 5.11. The minimum Gasteiger partial charge on any atom is -0.397 e. The normalized spacial score (nSPS) is 12.6. The molecule has 0 saturated carbocycles. The molecule has 9 rings (SSSR count). The number of amides is 2. The van der Waals surface area contributed by atoms with E-state index < -0.39 is 5.41 Å². The highest BCUT2D eigenvalue weighted by molar-refractivity contribution is 6.10. The van der Waals surface area contributed by atoms with Gasteiger partial charge >= 0.3 is 0 Å². The van der Waals surface area contributed by atoms with E-state index in [0.29, 0.717) is 33.9 Å². The van der Waals surface area contributed by atoms with Crippen molar-refractivity contribution in [3.63, 3.8) is 0 Å². The number of benzene rings is 8. The van der Waals surface area contributed by atoms with Crippen LogP contribution < -0.4 is 22.1 Å². The highest BCUT2D eigenvalue weighted by Gasteiger charge is 2.46. The molecular weight excluding hydrogens is 653 g/mol. The van der Waals surface area contributed by atoms with Crippen LogP contribution in [0.1, 0.15) is 43.0 Å². The molecule has 0 radical (unpaired) electrons. The summed E-state index contributed by atoms with van der Waals surface area (Å²) in [4.78, 5) is 27.2. The molecular formula is C47H34N4O2. The molecule has 6 N–H and O–H groups in total. The average Bonchev–Trinajstić information content (AvgIpc) is 3.51. The second-order valence-electron chi connectivity index (χ2n) is 13.4. The molecule has 53 heavy (non-hydrogen) atoms. The predicted octanol–water partition coefficient (Wildman–Crippen LogP) is 10.0. The largest absolute Gasteiger partial charge is 0.397 e. The van der Waals surface area contributed by atoms with Crippen LogP contribution in [0.4, 0.5) is 22.7 Å². The summed E-state index contributed by atoms with van der Waals surface area (Å²) in [6.45, 7) is 0. The maximum Gasteiger partial charge on any atom is 0.255 e. The quantitative estimate of drug-likeness (QED) is 0.131. The van der Waals surface area contributed by atoms with Crippen molar-refractivity contribution in [2.24, 2.45) is 0 Å². The van der Waals surface area contributed by atoms with Gasteiger partial charge in [-0.3, -0.25) is 9.59 Å². The molecule has 6 heteroatoms. The number of rotatable bonds is 6. The lowest BCUT2D eigenvalue weighted by Crippen LogP contribution is -2.29. The molecule has 0 heterocycles. The Morgan fingerprint density at radius 3 is 1.23 bits per heavy atom. The summed E-state index contributed by atoms with van der Waals surface area (Å²) in [6, 6.07) is 55.7. The van der Waals surface area contributed by atoms with Gasteiger partial charge in [0.05, 0.1) is 28.2 Å². The van der Waals surface area contributed by atoms with E-state index in [0.717, 1.165) is 54.9 Å². The first kappa shape index (κ1) is 31.8. The van der Waals surface area contributed by atoms with Crippen molar-refractivity contribution in [1.29, 1.82) is 0 Å². The number of fused-ring (bicyclic) bond motifs is 5. The maximum absolute atomic E-state index is 13.6. The fraction of sp³-hybridized carbons (Fsp3) is 0.0213. The average molecular weight is 687 g/mol. The van der Waals surface area contributed by atoms with E-state index >= 15 is 0 Å². The van der Waals surface area contributed by atoms with Crippen LogP contribution >= 0.6 is 0 Å². The number of hydrogen-bond acceptors (Lipinski definition) is 4. The van der Waals surface area contributed by atoms with Crippen LogP contribution in [0.25, 0.3) is 32.7 Å². The summed E-state index contributed by atoms with van der Waals surface area (Å²) in [5.41, 5.74) is 22.0. The molecule has 1 aliphatic carbocycles. The summed E-state index contributed by atoms with van der Waals surface area (Å²) in [6.07, 6.45) is 0. The van der Waals surface area contributed by atoms with Gasteiger partial charge in [0, 0.05) is 21.9 Å². The van der Waals surface area contributed by atoms with E-state index in [4.69, 9.17) is 11.5 Å². The minimum atomic E-state index is -0.706. The van der Waals surface area contributed by atoms with Crippen molar-refractivity contribution in [2.75, 3.05) is 22.1 Å². The maximum atomic E-state index is 13.6. The smallest absolute Gasteiger partial charge is 0.255 e. The molecule has 8 aromatic rings. The SMILES string of the molecule is Nc1c(NC(=O)c2ccc(C3(c4ccc(C(=O)Nc5ccc6ccccc6c5N)cc4)c4ccccc4-c4ccccc43)cc2)ccc2ccccc12. The molecule has 254 valence electrons. The van der Waals surface area contributed by atoms with Gasteiger partial charge in [0.1, 0.15) is 0 Å². The molecule has 1 aliphatic rings. The van der Waals surface area contributed by atoms with E-state index in [2.05, 4.69) is 59.2 Å². The van der Waals surface area contributed by atoms with Gasteiger partial charge in [-0.1, -0.05) is 133 Å². The summed E-state index contributed by atoms with van der Waals surface area (Å²) in [5.74, 6) is -0.496. The van der Waals surface area contributed by atoms with E-state index in [9.17, 15) is 9.59 Å². The lowest BCUT2D eigenvalue weighted by molar-refractivity contribution is 0.101. The second kappa shape index (κ2) is 12.5. The number of anilines is 4. The fourth-order valence-corrected chi connectivity index (χ4v) is 7.97. The standard InChI is InChI=1S/C47H34N4O2/c48-43-35-11-3-1-9-29(35)21-27-41(43)50-45(52)31-17-23-33(24-18-31)47(39-15-7-5-13-37(39)38-14-6-8-16-40(38)47)34-25-19-32(20-26-34)46(53)51-42-28-22-30-10-2-4-12-36(30)44(42)49/h1-28H,48-49H2,(H,50,52)(H,51,53). The van der Waals surface area contributed by atoms with E-state index in [-0.39, 0.29) is 11.8 Å². The molecule has 6 nitrogen and oxygen atoms in total. The van der Waals surface area contributed by atoms with Crippen molar-refractivity contribution < 1.29 is 9.59 Å². The minimum absolute atomic E-state index is 0.248. The third-order valence-corrected chi connectivity index (χ3v) is 10.6. The first-order valence-electron chi connectivity index (χ1n) is 17.5. The van der Waals surface area contributed by atoms with Gasteiger partial charge in [-0.15, -0.1) is 0 Å². The van der Waals surface area contributed by atoms with E-state index in [1.807, 2.05) is 121 Å². The molecule has 8 aromatic carbocycles. The Balaban J connectivity index is 1.08. The zero-order valence-electron chi connectivity index (χ0n) is 28.6. The Bertz CT molecular complexity index is 2550. The summed E-state index contributed by atoms with van der Waals surface area (Å²) < 4.78 is 0. The summed E-state index contributed by atoms with van der Waals surface area (Å²) in [7, 11) is 0. The lowest BCUT2D eigenvalue weighted by atomic mass is 9.67. The number of hydrogen-bond donors (Lipinski definition) is 4. The monoisotopic (exact) mass is 686 g/mol. The number of carbonyl (C=O) groups excluding carboxylic acids is 2. The third-order valence-electron chi connectivity index (χ3n) is 10.6. The molecule has 0 bridgehead atoms. The van der Waals surface area contributed by atoms with E-state index in [1.165, 1.54) is 0 Å². The highest BCUT2D eigenvalue weighted by Crippen LogP contribution is 2.56. The van der Waals surface area contributed by atoms with Crippen LogP contribution in [0.15, 0.2) is 170 Å². The predicted molar refractivity (Wildman–Crippen MR) is 216 cm³/mol. The second-order valence-corrected chi connectivity index (χ2v) is 13.4. The zero-order valence-corrected chi connectivity index (χ0v) is 28.6. The van der Waals surface area contributed by atoms with Crippen LogP contribution in [-0.4, -0.2) is 11.8 Å². The van der Waals surface area contributed by atoms with Crippen molar-refractivity contribution in [3.05, 3.63) is 203 Å². The molecule has 0 atom stereocenters. The molecule has 0 aliphatic heterocycles. The van der Waals surface area contributed by atoms with Gasteiger partial charge in [-0.05, 0) is 80.6 Å². The Hall–Kier alpha value is -7.18. The number of nitrogens with one attached hydrogen (secondary N) is 2. The number of nitrogens with two attached hydrogens (primary N) is 2. The number of carbonyl (C=O) groups is 2. The Labute approximate surface area is 306 Å². The van der Waals surface area contributed by atoms with Crippen LogP contribution in [0, 0.1) is 0 Å². The molecule has 2 amide bonds. The van der Waals surface area contributed by atoms with E-state index in [1.54, 1.807) is 0 Å². The lowest BCUT2D eigenvalue weighted by Gasteiger charge is -2.34. The topological polar surface area (TPSA) is 110 Å². The fourth-order valence-electron chi connectivity index (χ4n) is 7.97. The summed E-state index contributed by atoms with van der Waals surface area (Å²) >= 11 is 0. The van der Waals surface area contributed by atoms with Crippen LogP contribution in [0.5, 0.6) is 0 Å². The Kier molecular flexibility index (Phi) is 7.52. The van der Waals surface area contributed by atoms with Gasteiger partial charge in [-0.2, -0.15) is 0 Å². The first-order valence-corrected chi connectivity index (χ1v) is 17.5. The van der Waals surface area contributed by atoms with Crippen molar-refractivity contribution in [3.8, 4) is 11.1 Å². The van der Waals surface area contributed by atoms with Crippen molar-refractivity contribution in [2.45, 2.75) is 5.41 Å². The van der Waals surface area contributed by atoms with Crippen molar-refractivity contribution >= 4 is 56.1 Å². The molecule has 0 aromatic heterocycles. The number of nitrogen functional groups attached to an aromatic ring is 2. The molecule has 0 unspecified atom stereocenters. The van der Waals surface area contributed by atoms with Crippen molar-refractivity contribution in [1.82, 2.24) is 0 Å². The van der Waals surface area contributed by atoms with Gasteiger partial charge < -0.3 is 22.1 Å². The van der Waals surface area contributed by atoms with Gasteiger partial charge in [0.2, 0.25) is 0 Å². The zero-order chi connectivity index (χ0) is 36.1. The van der Waals surface area contributed by atoms with Gasteiger partial charge in [-0.25, -0.2) is 0 Å². The van der Waals surface area contributed by atoms with Crippen LogP contribution in [0.2, 0.25) is 0 Å². The van der Waals surface area contributed by atoms with Crippen LogP contribution in [-0.2, 0) is 5.41 Å².